The Kier molecular flexibility index (Phi) is 32.0. The minimum absolute atomic E-state index is 0.0442. The number of pyridine rings is 4. The lowest BCUT2D eigenvalue weighted by Gasteiger charge is -2.27. The van der Waals surface area contributed by atoms with Crippen LogP contribution in [0.2, 0.25) is 0 Å². The van der Waals surface area contributed by atoms with Gasteiger partial charge in [0.05, 0.1) is 63.7 Å². The first-order chi connectivity index (χ1) is 58.5. The van der Waals surface area contributed by atoms with E-state index in [9.17, 15) is 5.11 Å². The molecule has 4 aromatic heterocycles. The molecule has 0 bridgehead atoms. The number of hydrogen-bond donors (Lipinski definition) is 4. The van der Waals surface area contributed by atoms with Gasteiger partial charge in [-0.15, -0.1) is 0 Å². The SMILES string of the molecule is CC(C)c1ccc(NC(c2cccc(-c3ccccc3)n2)c2ccc(C(C)C)cc2O)cc1.CC(C)c1ccc(NC(c2ccccc2)c2cccc(-c3cccc4ccccc34)n2)cc1.CC(C)c1cccc(C(C)C)c1NC(c1ccccc1)c1cccc(-c2ccccc2)n1.CCCCSC(CCCC)c1cccc(-c2ccccc2)n1. The maximum atomic E-state index is 11.0. The zero-order valence-corrected chi connectivity index (χ0v) is 72.9. The van der Waals surface area contributed by atoms with Crippen LogP contribution in [0.4, 0.5) is 17.1 Å². The lowest BCUT2D eigenvalue weighted by molar-refractivity contribution is 0.465. The first-order valence-electron chi connectivity index (χ1n) is 43.2. The summed E-state index contributed by atoms with van der Waals surface area (Å²) in [6.07, 6.45) is 6.33. The van der Waals surface area contributed by atoms with Gasteiger partial charge in [-0.05, 0) is 177 Å². The van der Waals surface area contributed by atoms with Crippen molar-refractivity contribution in [3.63, 3.8) is 0 Å². The molecule has 9 heteroatoms. The van der Waals surface area contributed by atoms with Crippen molar-refractivity contribution in [3.8, 4) is 50.8 Å². The van der Waals surface area contributed by atoms with Crippen LogP contribution in [0.5, 0.6) is 5.75 Å². The number of thioether (sulfide) groups is 1. The Labute approximate surface area is 719 Å². The molecule has 4 N–H and O–H groups in total. The minimum Gasteiger partial charge on any atom is -0.508 e. The molecule has 0 fully saturated rings. The number of phenols is 1. The van der Waals surface area contributed by atoms with E-state index in [1.807, 2.05) is 54.6 Å². The Morgan fingerprint density at radius 1 is 0.300 bits per heavy atom. The van der Waals surface area contributed by atoms with Crippen molar-refractivity contribution in [2.75, 3.05) is 21.7 Å². The number of benzene rings is 11. The molecular weight excluding hydrogens is 1480 g/mol. The van der Waals surface area contributed by atoms with E-state index in [1.54, 1.807) is 0 Å². The Hall–Kier alpha value is -12.2. The summed E-state index contributed by atoms with van der Waals surface area (Å²) in [7, 11) is 0. The van der Waals surface area contributed by atoms with E-state index in [1.165, 1.54) is 99.0 Å². The summed E-state index contributed by atoms with van der Waals surface area (Å²) in [5, 5.41) is 25.3. The van der Waals surface area contributed by atoms with Crippen molar-refractivity contribution in [2.24, 2.45) is 0 Å². The fraction of sp³-hybridized carbons (Fsp3) is 0.243. The van der Waals surface area contributed by atoms with Crippen LogP contribution in [0.15, 0.2) is 352 Å². The Morgan fingerprint density at radius 2 is 0.675 bits per heavy atom. The molecule has 0 aliphatic carbocycles. The number of fused-ring (bicyclic) bond motifs is 1. The molecule has 0 radical (unpaired) electrons. The van der Waals surface area contributed by atoms with E-state index in [2.05, 4.69) is 408 Å². The number of rotatable bonds is 29. The van der Waals surface area contributed by atoms with Gasteiger partial charge in [0.25, 0.3) is 0 Å². The molecule has 0 saturated carbocycles. The number of phenolic OH excluding ortho intramolecular Hbond substituents is 1. The van der Waals surface area contributed by atoms with E-state index < -0.39 is 0 Å². The number of nitrogens with zero attached hydrogens (tertiary/aromatic N) is 4. The monoisotopic (exact) mass is 1600 g/mol. The van der Waals surface area contributed by atoms with Gasteiger partial charge in [0.1, 0.15) is 5.75 Å². The van der Waals surface area contributed by atoms with Gasteiger partial charge in [0.2, 0.25) is 0 Å². The van der Waals surface area contributed by atoms with Crippen LogP contribution in [0.25, 0.3) is 55.8 Å². The lowest BCUT2D eigenvalue weighted by atomic mass is 9.91. The van der Waals surface area contributed by atoms with Gasteiger partial charge >= 0.3 is 0 Å². The molecule has 0 aliphatic rings. The molecule has 0 spiro atoms. The van der Waals surface area contributed by atoms with Gasteiger partial charge in [-0.1, -0.05) is 375 Å². The molecular formula is C111H119N7OS. The minimum atomic E-state index is -0.292. The average Bonchev–Trinajstić information content (AvgIpc) is 0.800. The highest BCUT2D eigenvalue weighted by atomic mass is 32.2. The van der Waals surface area contributed by atoms with Crippen LogP contribution in [0.3, 0.4) is 0 Å². The Morgan fingerprint density at radius 3 is 1.13 bits per heavy atom. The average molecular weight is 1600 g/mol. The molecule has 610 valence electrons. The molecule has 4 unspecified atom stereocenters. The lowest BCUT2D eigenvalue weighted by Crippen LogP contribution is -2.17. The number of aromatic hydroxyl groups is 1. The smallest absolute Gasteiger partial charge is 0.121 e. The van der Waals surface area contributed by atoms with Crippen molar-refractivity contribution >= 4 is 39.6 Å². The number of para-hydroxylation sites is 1. The van der Waals surface area contributed by atoms with Crippen LogP contribution in [-0.2, 0) is 0 Å². The van der Waals surface area contributed by atoms with Crippen LogP contribution < -0.4 is 16.0 Å². The molecule has 15 aromatic rings. The summed E-state index contributed by atoms with van der Waals surface area (Å²) >= 11 is 2.08. The standard InChI is InChI=1S/C31H28N2.C30H32N2O.C30H32N2.C20H27NS/c1-22(2)23-18-20-26(21-19-23)32-31(25-11-4-3-5-12-25)30-17-9-16-29(33-30)28-15-8-13-24-10-6-7-14-27(24)28;1-20(2)22-13-16-25(17-14-22)31-30(26-18-15-24(21(3)4)19-29(26)33)28-12-8-11-27(32-28)23-9-6-5-7-10-23;1-21(2)25-17-11-18-26(22(3)4)30(25)32-29(24-15-9-6-10-16-24)28-20-12-19-27(31-28)23-13-7-5-8-14-23;1-3-5-15-20(22-16-6-4-2)19-14-10-13-18(21-19)17-11-8-7-9-12-17/h3-22,31-32H,1-2H3;5-21,30-31,33H,1-4H3;5-22,29,32H,1-4H3;7-14,20H,3-6,15-16H2,1-2H3. The molecule has 4 heterocycles. The molecule has 0 amide bonds. The van der Waals surface area contributed by atoms with Crippen LogP contribution in [-0.4, -0.2) is 30.8 Å². The number of anilines is 3. The maximum Gasteiger partial charge on any atom is 0.121 e. The van der Waals surface area contributed by atoms with Gasteiger partial charge in [0.15, 0.2) is 0 Å². The zero-order chi connectivity index (χ0) is 84.1. The van der Waals surface area contributed by atoms with Gasteiger partial charge in [0, 0.05) is 50.1 Å². The number of hydrogen-bond acceptors (Lipinski definition) is 9. The van der Waals surface area contributed by atoms with Gasteiger partial charge in [-0.25, -0.2) is 0 Å². The number of nitrogens with one attached hydrogen (secondary N) is 3. The van der Waals surface area contributed by atoms with Crippen molar-refractivity contribution in [1.82, 2.24) is 19.9 Å². The van der Waals surface area contributed by atoms with Crippen molar-refractivity contribution in [3.05, 3.63) is 419 Å². The predicted octanol–water partition coefficient (Wildman–Crippen LogP) is 30.8. The summed E-state index contributed by atoms with van der Waals surface area (Å²) in [5.41, 5.74) is 25.6. The fourth-order valence-electron chi connectivity index (χ4n) is 15.0. The molecule has 4 atom stereocenters. The topological polar surface area (TPSA) is 108 Å². The first-order valence-corrected chi connectivity index (χ1v) is 44.2. The second-order valence-corrected chi connectivity index (χ2v) is 33.8. The van der Waals surface area contributed by atoms with Crippen molar-refractivity contribution in [2.45, 2.75) is 168 Å². The first kappa shape index (κ1) is 87.2. The second kappa shape index (κ2) is 44.0. The van der Waals surface area contributed by atoms with Gasteiger partial charge in [-0.2, -0.15) is 11.8 Å². The van der Waals surface area contributed by atoms with Crippen LogP contribution >= 0.6 is 11.8 Å². The molecule has 15 rings (SSSR count). The van der Waals surface area contributed by atoms with E-state index in [0.29, 0.717) is 34.8 Å². The normalized spacial score (nSPS) is 12.2. The van der Waals surface area contributed by atoms with E-state index in [0.717, 1.165) is 79.0 Å². The predicted molar refractivity (Wildman–Crippen MR) is 513 cm³/mol. The van der Waals surface area contributed by atoms with E-state index in [4.69, 9.17) is 19.9 Å². The van der Waals surface area contributed by atoms with E-state index >= 15 is 0 Å². The third kappa shape index (κ3) is 23.8. The third-order valence-electron chi connectivity index (χ3n) is 21.9. The third-order valence-corrected chi connectivity index (χ3v) is 23.4. The van der Waals surface area contributed by atoms with Gasteiger partial charge < -0.3 is 21.1 Å². The highest BCUT2D eigenvalue weighted by Crippen LogP contribution is 2.41. The summed E-state index contributed by atoms with van der Waals surface area (Å²) in [6.45, 7) is 26.7. The summed E-state index contributed by atoms with van der Waals surface area (Å²) in [4.78, 5) is 20.2. The fourth-order valence-corrected chi connectivity index (χ4v) is 16.4. The molecule has 0 saturated heterocycles. The van der Waals surface area contributed by atoms with Crippen molar-refractivity contribution < 1.29 is 5.11 Å². The molecule has 120 heavy (non-hydrogen) atoms. The van der Waals surface area contributed by atoms with Crippen LogP contribution in [0, 0.1) is 0 Å². The Bertz CT molecular complexity index is 5570. The van der Waals surface area contributed by atoms with Crippen LogP contribution in [0.1, 0.15) is 235 Å². The zero-order valence-electron chi connectivity index (χ0n) is 72.1. The quantitative estimate of drug-likeness (QED) is 0.0341. The summed E-state index contributed by atoms with van der Waals surface area (Å²) in [6, 6.07) is 122. The largest absolute Gasteiger partial charge is 0.508 e. The highest BCUT2D eigenvalue weighted by Gasteiger charge is 2.25. The van der Waals surface area contributed by atoms with Gasteiger partial charge in [-0.3, -0.25) is 19.9 Å². The highest BCUT2D eigenvalue weighted by molar-refractivity contribution is 7.99. The molecule has 8 nitrogen and oxygen atoms in total. The number of unbranched alkanes of at least 4 members (excludes halogenated alkanes) is 2. The number of aromatic nitrogens is 4. The summed E-state index contributed by atoms with van der Waals surface area (Å²) in [5.74, 6) is 3.72. The van der Waals surface area contributed by atoms with Crippen molar-refractivity contribution in [1.29, 1.82) is 0 Å². The summed E-state index contributed by atoms with van der Waals surface area (Å²) < 4.78 is 0. The maximum absolute atomic E-state index is 11.0. The van der Waals surface area contributed by atoms with E-state index in [-0.39, 0.29) is 23.9 Å². The Balaban J connectivity index is 0.000000148. The second-order valence-electron chi connectivity index (χ2n) is 32.5. The molecule has 0 aliphatic heterocycles. The molecule has 11 aromatic carbocycles.